The quantitative estimate of drug-likeness (QED) is 0.774. The van der Waals surface area contributed by atoms with Crippen LogP contribution in [0.4, 0.5) is 5.13 Å². The molecular weight excluding hydrogens is 378 g/mol. The molecule has 0 atom stereocenters. The van der Waals surface area contributed by atoms with Crippen molar-refractivity contribution in [2.24, 2.45) is 0 Å². The van der Waals surface area contributed by atoms with Crippen LogP contribution in [0.3, 0.4) is 0 Å². The Morgan fingerprint density at radius 1 is 1.19 bits per heavy atom. The third kappa shape index (κ3) is 4.87. The summed E-state index contributed by atoms with van der Waals surface area (Å²) in [6.07, 6.45) is 2.21. The fraction of sp³-hybridized carbons (Fsp3) is 0.375. The Morgan fingerprint density at radius 3 is 2.65 bits per heavy atom. The van der Waals surface area contributed by atoms with Crippen LogP contribution in [0.2, 0.25) is 0 Å². The van der Waals surface area contributed by atoms with Gasteiger partial charge in [0.2, 0.25) is 11.0 Å². The van der Waals surface area contributed by atoms with Crippen LogP contribution >= 0.6 is 22.7 Å². The lowest BCUT2D eigenvalue weighted by molar-refractivity contribution is -0.132. The summed E-state index contributed by atoms with van der Waals surface area (Å²) >= 11 is 2.57. The maximum Gasteiger partial charge on any atom is 0.308 e. The molecule has 1 aliphatic rings. The van der Waals surface area contributed by atoms with E-state index in [1.54, 1.807) is 0 Å². The van der Waals surface area contributed by atoms with E-state index in [1.807, 2.05) is 11.0 Å². The van der Waals surface area contributed by atoms with E-state index in [0.717, 1.165) is 29.9 Å². The molecule has 0 bridgehead atoms. The number of carbonyl (C=O) groups is 3. The molecule has 0 aliphatic carbocycles. The molecule has 138 valence electrons. The van der Waals surface area contributed by atoms with Crippen molar-refractivity contribution < 1.29 is 23.9 Å². The number of anilines is 1. The van der Waals surface area contributed by atoms with Crippen LogP contribution in [0.1, 0.15) is 24.3 Å². The molecule has 0 saturated carbocycles. The number of esters is 2. The first-order valence-electron chi connectivity index (χ1n) is 7.85. The number of aromatic nitrogens is 1. The summed E-state index contributed by atoms with van der Waals surface area (Å²) in [5.41, 5.74) is 1.08. The Hall–Kier alpha value is -2.30. The second kappa shape index (κ2) is 7.94. The van der Waals surface area contributed by atoms with Gasteiger partial charge in [0.05, 0.1) is 12.7 Å². The van der Waals surface area contributed by atoms with E-state index in [4.69, 9.17) is 9.47 Å². The van der Waals surface area contributed by atoms with Crippen LogP contribution in [-0.4, -0.2) is 40.8 Å². The second-order valence-electron chi connectivity index (χ2n) is 5.69. The van der Waals surface area contributed by atoms with Gasteiger partial charge in [0.25, 0.3) is 0 Å². The fourth-order valence-electron chi connectivity index (χ4n) is 2.56. The van der Waals surface area contributed by atoms with E-state index < -0.39 is 5.97 Å². The van der Waals surface area contributed by atoms with Crippen LogP contribution in [-0.2, 0) is 27.3 Å². The number of ether oxygens (including phenoxy) is 2. The molecule has 1 aliphatic heterocycles. The van der Waals surface area contributed by atoms with Gasteiger partial charge in [-0.15, -0.1) is 11.3 Å². The second-order valence-corrected chi connectivity index (χ2v) is 7.79. The maximum atomic E-state index is 12.2. The van der Waals surface area contributed by atoms with Gasteiger partial charge in [-0.05, 0) is 18.1 Å². The highest BCUT2D eigenvalue weighted by Crippen LogP contribution is 2.33. The predicted molar refractivity (Wildman–Crippen MR) is 96.7 cm³/mol. The Labute approximate surface area is 157 Å². The van der Waals surface area contributed by atoms with Crippen molar-refractivity contribution in [2.45, 2.75) is 26.8 Å². The largest absolute Gasteiger partial charge is 0.416 e. The summed E-state index contributed by atoms with van der Waals surface area (Å²) in [5.74, 6) is -0.955. The number of nitrogens with zero attached hydrogens (tertiary/aromatic N) is 2. The van der Waals surface area contributed by atoms with Crippen LogP contribution in [0, 0.1) is 0 Å². The zero-order valence-corrected chi connectivity index (χ0v) is 15.9. The lowest BCUT2D eigenvalue weighted by Gasteiger charge is -2.25. The molecule has 8 nitrogen and oxygen atoms in total. The van der Waals surface area contributed by atoms with Crippen molar-refractivity contribution in [3.63, 3.8) is 0 Å². The molecule has 0 spiro atoms. The number of amides is 1. The van der Waals surface area contributed by atoms with Crippen LogP contribution < -0.4 is 14.8 Å². The molecule has 0 unspecified atom stereocenters. The standard InChI is InChI=1S/C16H17N3O5S2/c1-9(20)23-14-5-11-7-19(4-3-12(11)25-14)8-13(22)18-16-17-6-15(26-16)24-10(2)21/h5-6H,3-4,7-8H2,1-2H3,(H,17,18,22). The van der Waals surface area contributed by atoms with Crippen molar-refractivity contribution in [1.82, 2.24) is 9.88 Å². The molecule has 0 saturated heterocycles. The molecule has 1 N–H and O–H groups in total. The zero-order valence-electron chi connectivity index (χ0n) is 14.2. The summed E-state index contributed by atoms with van der Waals surface area (Å²) < 4.78 is 10.0. The van der Waals surface area contributed by atoms with E-state index in [0.29, 0.717) is 21.8 Å². The summed E-state index contributed by atoms with van der Waals surface area (Å²) in [6.45, 7) is 4.27. The molecular formula is C16H17N3O5S2. The first-order valence-corrected chi connectivity index (χ1v) is 9.49. The summed E-state index contributed by atoms with van der Waals surface area (Å²) in [6, 6.07) is 1.86. The average Bonchev–Trinajstić information content (AvgIpc) is 3.11. The molecule has 26 heavy (non-hydrogen) atoms. The highest BCUT2D eigenvalue weighted by Gasteiger charge is 2.22. The Balaban J connectivity index is 1.54. The molecule has 2 aromatic rings. The van der Waals surface area contributed by atoms with E-state index in [-0.39, 0.29) is 18.4 Å². The average molecular weight is 395 g/mol. The highest BCUT2D eigenvalue weighted by atomic mass is 32.1. The number of fused-ring (bicyclic) bond motifs is 1. The Bertz CT molecular complexity index is 845. The molecule has 2 aromatic heterocycles. The van der Waals surface area contributed by atoms with Crippen LogP contribution in [0.5, 0.6) is 10.1 Å². The SMILES string of the molecule is CC(=O)Oc1cnc(NC(=O)CN2CCc3sc(OC(C)=O)cc3C2)s1. The lowest BCUT2D eigenvalue weighted by Crippen LogP contribution is -2.36. The van der Waals surface area contributed by atoms with Crippen LogP contribution in [0.15, 0.2) is 12.3 Å². The number of carbonyl (C=O) groups excluding carboxylic acids is 3. The normalized spacial score (nSPS) is 13.8. The van der Waals surface area contributed by atoms with E-state index in [2.05, 4.69) is 10.3 Å². The summed E-state index contributed by atoms with van der Waals surface area (Å²) in [5, 5.41) is 4.02. The maximum absolute atomic E-state index is 12.2. The molecule has 0 fully saturated rings. The molecule has 10 heteroatoms. The lowest BCUT2D eigenvalue weighted by atomic mass is 10.1. The number of hydrogen-bond acceptors (Lipinski definition) is 9. The Kier molecular flexibility index (Phi) is 5.64. The first-order chi connectivity index (χ1) is 12.4. The smallest absolute Gasteiger partial charge is 0.308 e. The van der Waals surface area contributed by atoms with Gasteiger partial charge in [0.15, 0.2) is 10.2 Å². The first kappa shape index (κ1) is 18.5. The van der Waals surface area contributed by atoms with Crippen LogP contribution in [0.25, 0.3) is 0 Å². The number of nitrogens with one attached hydrogen (secondary N) is 1. The topological polar surface area (TPSA) is 97.8 Å². The minimum atomic E-state index is -0.431. The predicted octanol–water partition coefficient (Wildman–Crippen LogP) is 2.05. The minimum Gasteiger partial charge on any atom is -0.416 e. The highest BCUT2D eigenvalue weighted by molar-refractivity contribution is 7.17. The Morgan fingerprint density at radius 2 is 1.92 bits per heavy atom. The molecule has 0 radical (unpaired) electrons. The number of thiophene rings is 1. The third-order valence-electron chi connectivity index (χ3n) is 3.51. The van der Waals surface area contributed by atoms with Crippen molar-refractivity contribution in [3.8, 4) is 10.1 Å². The zero-order chi connectivity index (χ0) is 18.7. The van der Waals surface area contributed by atoms with Gasteiger partial charge in [-0.1, -0.05) is 11.3 Å². The van der Waals surface area contributed by atoms with Crippen molar-refractivity contribution in [2.75, 3.05) is 18.4 Å². The van der Waals surface area contributed by atoms with Gasteiger partial charge < -0.3 is 14.8 Å². The van der Waals surface area contributed by atoms with Gasteiger partial charge >= 0.3 is 11.9 Å². The molecule has 0 aromatic carbocycles. The van der Waals surface area contributed by atoms with Crippen molar-refractivity contribution in [3.05, 3.63) is 22.7 Å². The molecule has 3 heterocycles. The van der Waals surface area contributed by atoms with Gasteiger partial charge in [-0.3, -0.25) is 19.3 Å². The molecule has 3 rings (SSSR count). The van der Waals surface area contributed by atoms with Gasteiger partial charge in [-0.2, -0.15) is 0 Å². The summed E-state index contributed by atoms with van der Waals surface area (Å²) in [7, 11) is 0. The minimum absolute atomic E-state index is 0.187. The van der Waals surface area contributed by atoms with E-state index in [9.17, 15) is 14.4 Å². The van der Waals surface area contributed by atoms with Crippen molar-refractivity contribution in [1.29, 1.82) is 0 Å². The number of thiazole rings is 1. The van der Waals surface area contributed by atoms with Crippen molar-refractivity contribution >= 4 is 45.7 Å². The van der Waals surface area contributed by atoms with E-state index in [1.165, 1.54) is 36.3 Å². The van der Waals surface area contributed by atoms with Gasteiger partial charge in [-0.25, -0.2) is 4.98 Å². The number of rotatable bonds is 5. The monoisotopic (exact) mass is 395 g/mol. The number of hydrogen-bond donors (Lipinski definition) is 1. The molecule has 1 amide bonds. The van der Waals surface area contributed by atoms with E-state index >= 15 is 0 Å². The van der Waals surface area contributed by atoms with Gasteiger partial charge in [0, 0.05) is 31.8 Å². The summed E-state index contributed by atoms with van der Waals surface area (Å²) in [4.78, 5) is 41.4. The fourth-order valence-corrected chi connectivity index (χ4v) is 4.34. The third-order valence-corrected chi connectivity index (χ3v) is 5.42. The van der Waals surface area contributed by atoms with Gasteiger partial charge in [0.1, 0.15) is 0 Å².